The summed E-state index contributed by atoms with van der Waals surface area (Å²) in [6.07, 6.45) is 5.43. The van der Waals surface area contributed by atoms with Crippen LogP contribution in [0.3, 0.4) is 0 Å². The first-order valence-corrected chi connectivity index (χ1v) is 5.94. The molecule has 86 valence electrons. The summed E-state index contributed by atoms with van der Waals surface area (Å²) in [6, 6.07) is 0.958. The zero-order valence-electron chi connectivity index (χ0n) is 9.11. The van der Waals surface area contributed by atoms with E-state index >= 15 is 0 Å². The van der Waals surface area contributed by atoms with Crippen LogP contribution in [-0.2, 0) is 4.79 Å². The average Bonchev–Trinajstić information content (AvgIpc) is 2.48. The second-order valence-corrected chi connectivity index (χ2v) is 4.61. The second kappa shape index (κ2) is 4.94. The number of carbonyl (C=O) groups excluding carboxylic acids is 1. The molecule has 0 radical (unpaired) electrons. The lowest BCUT2D eigenvalue weighted by Crippen LogP contribution is -2.47. The average molecular weight is 212 g/mol. The lowest BCUT2D eigenvalue weighted by atomic mass is 9.91. The van der Waals surface area contributed by atoms with Gasteiger partial charge in [-0.3, -0.25) is 9.69 Å². The molecule has 0 aromatic heterocycles. The quantitative estimate of drug-likeness (QED) is 0.680. The van der Waals surface area contributed by atoms with Gasteiger partial charge in [-0.15, -0.1) is 0 Å². The smallest absolute Gasteiger partial charge is 0.220 e. The summed E-state index contributed by atoms with van der Waals surface area (Å²) in [7, 11) is 0. The summed E-state index contributed by atoms with van der Waals surface area (Å²) in [5.74, 6) is 0.178. The van der Waals surface area contributed by atoms with Crippen LogP contribution in [0.1, 0.15) is 32.1 Å². The van der Waals surface area contributed by atoms with Crippen molar-refractivity contribution in [1.82, 2.24) is 10.2 Å². The number of rotatable bonds is 5. The number of hydrogen-bond donors (Lipinski definition) is 2. The van der Waals surface area contributed by atoms with Crippen molar-refractivity contribution in [3.05, 3.63) is 0 Å². The lowest BCUT2D eigenvalue weighted by Gasteiger charge is -2.38. The van der Waals surface area contributed by atoms with Gasteiger partial charge in [0.05, 0.1) is 6.61 Å². The van der Waals surface area contributed by atoms with Gasteiger partial charge in [-0.1, -0.05) is 6.42 Å². The third-order valence-corrected chi connectivity index (χ3v) is 3.52. The summed E-state index contributed by atoms with van der Waals surface area (Å²) in [4.78, 5) is 13.4. The Morgan fingerprint density at radius 2 is 2.20 bits per heavy atom. The molecule has 1 amide bonds. The van der Waals surface area contributed by atoms with E-state index in [-0.39, 0.29) is 12.5 Å². The number of aliphatic hydroxyl groups is 1. The van der Waals surface area contributed by atoms with E-state index in [4.69, 9.17) is 5.11 Å². The molecule has 2 fully saturated rings. The predicted molar refractivity (Wildman–Crippen MR) is 57.5 cm³/mol. The first-order chi connectivity index (χ1) is 7.29. The summed E-state index contributed by atoms with van der Waals surface area (Å²) in [6.45, 7) is 1.88. The molecular weight excluding hydrogens is 192 g/mol. The minimum absolute atomic E-state index is 0.178. The van der Waals surface area contributed by atoms with Crippen molar-refractivity contribution >= 4 is 5.91 Å². The molecule has 0 aromatic carbocycles. The molecular formula is C11H20N2O2. The first-order valence-electron chi connectivity index (χ1n) is 5.94. The second-order valence-electron chi connectivity index (χ2n) is 4.61. The van der Waals surface area contributed by atoms with Crippen LogP contribution < -0.4 is 5.32 Å². The molecule has 0 bridgehead atoms. The molecule has 1 aliphatic carbocycles. The van der Waals surface area contributed by atoms with E-state index in [1.807, 2.05) is 0 Å². The van der Waals surface area contributed by atoms with Crippen LogP contribution >= 0.6 is 0 Å². The van der Waals surface area contributed by atoms with Gasteiger partial charge < -0.3 is 10.4 Å². The molecule has 4 heteroatoms. The maximum atomic E-state index is 11.1. The lowest BCUT2D eigenvalue weighted by molar-refractivity contribution is -0.119. The maximum absolute atomic E-state index is 11.1. The number of carbonyl (C=O) groups is 1. The fourth-order valence-electron chi connectivity index (χ4n) is 2.40. The van der Waals surface area contributed by atoms with Gasteiger partial charge >= 0.3 is 0 Å². The molecule has 4 nitrogen and oxygen atoms in total. The topological polar surface area (TPSA) is 52.6 Å². The minimum atomic E-state index is 0.178. The minimum Gasteiger partial charge on any atom is -0.395 e. The Bertz CT molecular complexity index is 229. The van der Waals surface area contributed by atoms with Crippen LogP contribution in [0, 0.1) is 0 Å². The van der Waals surface area contributed by atoms with Gasteiger partial charge in [0.1, 0.15) is 0 Å². The Balaban J connectivity index is 1.80. The summed E-state index contributed by atoms with van der Waals surface area (Å²) in [5.41, 5.74) is 0. The van der Waals surface area contributed by atoms with Crippen molar-refractivity contribution in [3.8, 4) is 0 Å². The molecule has 15 heavy (non-hydrogen) atoms. The van der Waals surface area contributed by atoms with Gasteiger partial charge in [-0.25, -0.2) is 0 Å². The Morgan fingerprint density at radius 1 is 1.40 bits per heavy atom. The van der Waals surface area contributed by atoms with Gasteiger partial charge in [0.2, 0.25) is 5.91 Å². The molecule has 1 aliphatic heterocycles. The van der Waals surface area contributed by atoms with E-state index in [0.29, 0.717) is 18.5 Å². The molecule has 1 saturated carbocycles. The van der Waals surface area contributed by atoms with Crippen molar-refractivity contribution in [1.29, 1.82) is 0 Å². The van der Waals surface area contributed by atoms with Crippen LogP contribution in [0.4, 0.5) is 0 Å². The fourth-order valence-corrected chi connectivity index (χ4v) is 2.40. The molecule has 1 heterocycles. The van der Waals surface area contributed by atoms with Crippen LogP contribution in [0.2, 0.25) is 0 Å². The number of amides is 1. The van der Waals surface area contributed by atoms with Gasteiger partial charge in [-0.2, -0.15) is 0 Å². The largest absolute Gasteiger partial charge is 0.395 e. The number of hydrogen-bond acceptors (Lipinski definition) is 3. The van der Waals surface area contributed by atoms with E-state index in [9.17, 15) is 4.79 Å². The van der Waals surface area contributed by atoms with Crippen molar-refractivity contribution in [2.45, 2.75) is 44.2 Å². The van der Waals surface area contributed by atoms with Gasteiger partial charge in [0.25, 0.3) is 0 Å². The summed E-state index contributed by atoms with van der Waals surface area (Å²) in [5, 5.41) is 12.0. The molecule has 0 spiro atoms. The third-order valence-electron chi connectivity index (χ3n) is 3.52. The zero-order chi connectivity index (χ0) is 10.7. The highest BCUT2D eigenvalue weighted by molar-refractivity contribution is 5.78. The normalized spacial score (nSPS) is 26.8. The van der Waals surface area contributed by atoms with Crippen molar-refractivity contribution in [2.75, 3.05) is 19.7 Å². The standard InChI is InChI=1S/C11H20N2O2/c14-7-6-13(10-2-1-3-10)8-9-4-5-11(15)12-9/h9-10,14H,1-8H2,(H,12,15). The molecule has 1 atom stereocenters. The van der Waals surface area contributed by atoms with Gasteiger partial charge in [0.15, 0.2) is 0 Å². The summed E-state index contributed by atoms with van der Waals surface area (Å²) >= 11 is 0. The van der Waals surface area contributed by atoms with E-state index in [2.05, 4.69) is 10.2 Å². The third kappa shape index (κ3) is 2.69. The Labute approximate surface area is 90.6 Å². The molecule has 2 aliphatic rings. The van der Waals surface area contributed by atoms with Crippen molar-refractivity contribution in [3.63, 3.8) is 0 Å². The van der Waals surface area contributed by atoms with E-state index < -0.39 is 0 Å². The van der Waals surface area contributed by atoms with Crippen molar-refractivity contribution in [2.24, 2.45) is 0 Å². The van der Waals surface area contributed by atoms with Crippen LogP contribution in [0.5, 0.6) is 0 Å². The highest BCUT2D eigenvalue weighted by Gasteiger charge is 2.29. The zero-order valence-corrected chi connectivity index (χ0v) is 9.11. The van der Waals surface area contributed by atoms with E-state index in [0.717, 1.165) is 19.5 Å². The van der Waals surface area contributed by atoms with Gasteiger partial charge in [0, 0.05) is 31.6 Å². The molecule has 1 unspecified atom stereocenters. The van der Waals surface area contributed by atoms with Gasteiger partial charge in [-0.05, 0) is 19.3 Å². The molecule has 2 N–H and O–H groups in total. The maximum Gasteiger partial charge on any atom is 0.220 e. The SMILES string of the molecule is O=C1CCC(CN(CCO)C2CCC2)N1. The first kappa shape index (κ1) is 10.9. The number of nitrogens with zero attached hydrogens (tertiary/aromatic N) is 1. The molecule has 0 aromatic rings. The monoisotopic (exact) mass is 212 g/mol. The number of aliphatic hydroxyl groups excluding tert-OH is 1. The fraction of sp³-hybridized carbons (Fsp3) is 0.909. The van der Waals surface area contributed by atoms with Crippen LogP contribution in [0.15, 0.2) is 0 Å². The predicted octanol–water partition coefficient (Wildman–Crippen LogP) is 0.112. The van der Waals surface area contributed by atoms with Crippen molar-refractivity contribution < 1.29 is 9.90 Å². The highest BCUT2D eigenvalue weighted by atomic mass is 16.3. The van der Waals surface area contributed by atoms with E-state index in [1.54, 1.807) is 0 Å². The van der Waals surface area contributed by atoms with Crippen LogP contribution in [-0.4, -0.2) is 47.7 Å². The Kier molecular flexibility index (Phi) is 3.59. The summed E-state index contributed by atoms with van der Waals surface area (Å²) < 4.78 is 0. The van der Waals surface area contributed by atoms with E-state index in [1.165, 1.54) is 19.3 Å². The highest BCUT2D eigenvalue weighted by Crippen LogP contribution is 2.25. The Hall–Kier alpha value is -0.610. The molecule has 1 saturated heterocycles. The molecule has 2 rings (SSSR count). The Morgan fingerprint density at radius 3 is 2.67 bits per heavy atom. The van der Waals surface area contributed by atoms with Crippen LogP contribution in [0.25, 0.3) is 0 Å². The number of nitrogens with one attached hydrogen (secondary N) is 1.